The van der Waals surface area contributed by atoms with Crippen molar-refractivity contribution < 1.29 is 8.42 Å². The summed E-state index contributed by atoms with van der Waals surface area (Å²) < 4.78 is 28.4. The second-order valence-corrected chi connectivity index (χ2v) is 8.99. The summed E-state index contributed by atoms with van der Waals surface area (Å²) in [5.74, 6) is 0. The monoisotopic (exact) mass is 419 g/mol. The van der Waals surface area contributed by atoms with Crippen LogP contribution in [0, 0.1) is 13.8 Å². The molecule has 0 amide bonds. The molecule has 0 aliphatic rings. The molecule has 0 atom stereocenters. The summed E-state index contributed by atoms with van der Waals surface area (Å²) in [4.78, 5) is 0.243. The van der Waals surface area contributed by atoms with Crippen molar-refractivity contribution in [2.45, 2.75) is 25.3 Å². The van der Waals surface area contributed by atoms with Gasteiger partial charge in [0.25, 0.3) is 10.0 Å². The van der Waals surface area contributed by atoms with Crippen molar-refractivity contribution in [1.82, 2.24) is 0 Å². The summed E-state index contributed by atoms with van der Waals surface area (Å²) in [6.07, 6.45) is 0. The molecule has 3 aromatic rings. The molecule has 0 heterocycles. The lowest BCUT2D eigenvalue weighted by atomic mass is 10.1. The lowest BCUT2D eigenvalue weighted by molar-refractivity contribution is 0.590. The molecule has 0 aliphatic carbocycles. The summed E-state index contributed by atoms with van der Waals surface area (Å²) in [6.45, 7) is 3.97. The van der Waals surface area contributed by atoms with Crippen molar-refractivity contribution in [2.24, 2.45) is 0 Å². The number of nitrogens with zero attached hydrogens (tertiary/aromatic N) is 1. The lowest BCUT2D eigenvalue weighted by Gasteiger charge is -2.28. The molecule has 0 radical (unpaired) electrons. The van der Waals surface area contributed by atoms with Crippen LogP contribution in [-0.2, 0) is 16.6 Å². The molecular formula is C21H19Cl2NO2S. The van der Waals surface area contributed by atoms with Gasteiger partial charge in [-0.1, -0.05) is 65.7 Å². The molecule has 0 aliphatic heterocycles. The average molecular weight is 420 g/mol. The van der Waals surface area contributed by atoms with Crippen LogP contribution < -0.4 is 4.31 Å². The topological polar surface area (TPSA) is 37.4 Å². The van der Waals surface area contributed by atoms with Gasteiger partial charge in [-0.25, -0.2) is 8.42 Å². The summed E-state index contributed by atoms with van der Waals surface area (Å²) >= 11 is 12.1. The highest BCUT2D eigenvalue weighted by Crippen LogP contribution is 2.32. The Balaban J connectivity index is 2.16. The molecule has 0 bridgehead atoms. The SMILES string of the molecule is Cc1cccc(C)c1N(Cc1ccc(Cl)c(Cl)c1)S(=O)(=O)c1ccccc1. The average Bonchev–Trinajstić information content (AvgIpc) is 2.64. The van der Waals surface area contributed by atoms with E-state index in [1.54, 1.807) is 48.5 Å². The van der Waals surface area contributed by atoms with Gasteiger partial charge >= 0.3 is 0 Å². The van der Waals surface area contributed by atoms with Gasteiger partial charge in [0.05, 0.1) is 27.2 Å². The maximum Gasteiger partial charge on any atom is 0.264 e. The molecule has 0 saturated carbocycles. The van der Waals surface area contributed by atoms with E-state index >= 15 is 0 Å². The van der Waals surface area contributed by atoms with Gasteiger partial charge < -0.3 is 0 Å². The molecule has 140 valence electrons. The second-order valence-electron chi connectivity index (χ2n) is 6.31. The van der Waals surface area contributed by atoms with Crippen LogP contribution in [0.5, 0.6) is 0 Å². The Kier molecular flexibility index (Phi) is 5.80. The van der Waals surface area contributed by atoms with Crippen LogP contribution in [0.25, 0.3) is 0 Å². The smallest absolute Gasteiger partial charge is 0.261 e. The fourth-order valence-corrected chi connectivity index (χ4v) is 4.93. The van der Waals surface area contributed by atoms with E-state index in [2.05, 4.69) is 0 Å². The molecule has 0 aromatic heterocycles. The van der Waals surface area contributed by atoms with Gasteiger partial charge in [0.15, 0.2) is 0 Å². The van der Waals surface area contributed by atoms with Gasteiger partial charge in [0, 0.05) is 0 Å². The zero-order valence-electron chi connectivity index (χ0n) is 15.0. The second kappa shape index (κ2) is 7.93. The molecule has 3 rings (SSSR count). The number of anilines is 1. The van der Waals surface area contributed by atoms with Crippen LogP contribution in [0.1, 0.15) is 16.7 Å². The van der Waals surface area contributed by atoms with E-state index in [-0.39, 0.29) is 11.4 Å². The van der Waals surface area contributed by atoms with E-state index in [0.29, 0.717) is 15.7 Å². The highest BCUT2D eigenvalue weighted by molar-refractivity contribution is 7.92. The first-order valence-electron chi connectivity index (χ1n) is 8.38. The minimum atomic E-state index is -3.76. The van der Waals surface area contributed by atoms with E-state index in [1.165, 1.54) is 4.31 Å². The Morgan fingerprint density at radius 3 is 2.04 bits per heavy atom. The standard InChI is InChI=1S/C21H19Cl2NO2S/c1-15-7-6-8-16(2)21(15)24(14-17-11-12-19(22)20(23)13-17)27(25,26)18-9-4-3-5-10-18/h3-13H,14H2,1-2H3. The van der Waals surface area contributed by atoms with Crippen LogP contribution >= 0.6 is 23.2 Å². The number of rotatable bonds is 5. The van der Waals surface area contributed by atoms with Crippen molar-refractivity contribution in [3.8, 4) is 0 Å². The summed E-state index contributed by atoms with van der Waals surface area (Å²) in [6, 6.07) is 19.3. The normalized spacial score (nSPS) is 11.4. The van der Waals surface area contributed by atoms with E-state index in [4.69, 9.17) is 23.2 Å². The van der Waals surface area contributed by atoms with Gasteiger partial charge in [0.1, 0.15) is 0 Å². The first-order valence-corrected chi connectivity index (χ1v) is 10.6. The molecule has 0 fully saturated rings. The van der Waals surface area contributed by atoms with Crippen LogP contribution in [0.4, 0.5) is 5.69 Å². The Morgan fingerprint density at radius 2 is 1.44 bits per heavy atom. The highest BCUT2D eigenvalue weighted by Gasteiger charge is 2.27. The fraction of sp³-hybridized carbons (Fsp3) is 0.143. The molecule has 0 saturated heterocycles. The molecule has 0 unspecified atom stereocenters. The maximum absolute atomic E-state index is 13.5. The maximum atomic E-state index is 13.5. The van der Waals surface area contributed by atoms with Gasteiger partial charge in [-0.05, 0) is 54.8 Å². The molecule has 3 aromatic carbocycles. The number of benzene rings is 3. The predicted molar refractivity (Wildman–Crippen MR) is 112 cm³/mol. The molecule has 6 heteroatoms. The van der Waals surface area contributed by atoms with Gasteiger partial charge in [-0.3, -0.25) is 4.31 Å². The molecule has 27 heavy (non-hydrogen) atoms. The minimum Gasteiger partial charge on any atom is -0.261 e. The summed E-state index contributed by atoms with van der Waals surface area (Å²) in [5.41, 5.74) is 3.20. The molecule has 0 spiro atoms. The largest absolute Gasteiger partial charge is 0.264 e. The first kappa shape index (κ1) is 19.7. The van der Waals surface area contributed by atoms with E-state index < -0.39 is 10.0 Å². The highest BCUT2D eigenvalue weighted by atomic mass is 35.5. The van der Waals surface area contributed by atoms with E-state index in [1.807, 2.05) is 32.0 Å². The minimum absolute atomic E-state index is 0.153. The van der Waals surface area contributed by atoms with E-state index in [9.17, 15) is 8.42 Å². The van der Waals surface area contributed by atoms with Crippen molar-refractivity contribution in [3.05, 3.63) is 93.5 Å². The van der Waals surface area contributed by atoms with Crippen molar-refractivity contribution in [3.63, 3.8) is 0 Å². The van der Waals surface area contributed by atoms with E-state index in [0.717, 1.165) is 16.7 Å². The number of halogens is 2. The van der Waals surface area contributed by atoms with Crippen LogP contribution in [0.3, 0.4) is 0 Å². The summed E-state index contributed by atoms with van der Waals surface area (Å²) in [5, 5.41) is 0.831. The Morgan fingerprint density at radius 1 is 0.815 bits per heavy atom. The van der Waals surface area contributed by atoms with Crippen LogP contribution in [0.15, 0.2) is 71.6 Å². The Hall–Kier alpha value is -2.01. The van der Waals surface area contributed by atoms with Gasteiger partial charge in [-0.15, -0.1) is 0 Å². The third kappa shape index (κ3) is 4.13. The Bertz CT molecular complexity index is 1050. The van der Waals surface area contributed by atoms with Gasteiger partial charge in [-0.2, -0.15) is 0 Å². The first-order chi connectivity index (χ1) is 12.8. The molecule has 3 nitrogen and oxygen atoms in total. The number of aryl methyl sites for hydroxylation is 2. The molecular weight excluding hydrogens is 401 g/mol. The quantitative estimate of drug-likeness (QED) is 0.507. The number of para-hydroxylation sites is 1. The van der Waals surface area contributed by atoms with Gasteiger partial charge in [0.2, 0.25) is 0 Å². The van der Waals surface area contributed by atoms with Crippen LogP contribution in [-0.4, -0.2) is 8.42 Å². The number of sulfonamides is 1. The lowest BCUT2D eigenvalue weighted by Crippen LogP contribution is -2.31. The number of hydrogen-bond acceptors (Lipinski definition) is 2. The van der Waals surface area contributed by atoms with Crippen molar-refractivity contribution in [1.29, 1.82) is 0 Å². The third-order valence-corrected chi connectivity index (χ3v) is 6.83. The fourth-order valence-electron chi connectivity index (χ4n) is 3.01. The zero-order chi connectivity index (χ0) is 19.6. The summed E-state index contributed by atoms with van der Waals surface area (Å²) in [7, 11) is -3.76. The van der Waals surface area contributed by atoms with Crippen molar-refractivity contribution >= 4 is 38.9 Å². The third-order valence-electron chi connectivity index (χ3n) is 4.33. The Labute approximate surface area is 170 Å². The number of hydrogen-bond donors (Lipinski definition) is 0. The van der Waals surface area contributed by atoms with Crippen molar-refractivity contribution in [2.75, 3.05) is 4.31 Å². The molecule has 0 N–H and O–H groups in total. The predicted octanol–water partition coefficient (Wildman–Crippen LogP) is 6.01. The zero-order valence-corrected chi connectivity index (χ0v) is 17.3. The van der Waals surface area contributed by atoms with Crippen LogP contribution in [0.2, 0.25) is 10.0 Å².